The Morgan fingerprint density at radius 1 is 0.966 bits per heavy atom. The molecule has 0 spiro atoms. The number of esters is 1. The molecule has 0 fully saturated rings. The van der Waals surface area contributed by atoms with Crippen LogP contribution in [0.15, 0.2) is 69.9 Å². The molecule has 0 unspecified atom stereocenters. The fourth-order valence-electron chi connectivity index (χ4n) is 3.40. The van der Waals surface area contributed by atoms with Gasteiger partial charge in [0.15, 0.2) is 11.5 Å². The third kappa shape index (κ3) is 3.40. The predicted octanol–water partition coefficient (Wildman–Crippen LogP) is 4.32. The molecule has 3 aromatic carbocycles. The van der Waals surface area contributed by atoms with Crippen molar-refractivity contribution in [1.82, 2.24) is 0 Å². The van der Waals surface area contributed by atoms with Crippen molar-refractivity contribution in [2.75, 3.05) is 14.2 Å². The molecule has 0 bridgehead atoms. The van der Waals surface area contributed by atoms with Gasteiger partial charge >= 0.3 is 11.6 Å². The lowest BCUT2D eigenvalue weighted by molar-refractivity contribution is 0.0469. The summed E-state index contributed by atoms with van der Waals surface area (Å²) in [5.74, 6) is 0.143. The number of rotatable bonds is 5. The van der Waals surface area contributed by atoms with Crippen LogP contribution in [0.5, 0.6) is 11.5 Å². The predicted molar refractivity (Wildman–Crippen MR) is 109 cm³/mol. The van der Waals surface area contributed by atoms with Crippen molar-refractivity contribution in [3.05, 3.63) is 82.2 Å². The van der Waals surface area contributed by atoms with Gasteiger partial charge in [-0.25, -0.2) is 9.59 Å². The lowest BCUT2D eigenvalue weighted by atomic mass is 10.0. The van der Waals surface area contributed by atoms with Crippen molar-refractivity contribution >= 4 is 27.7 Å². The molecule has 0 atom stereocenters. The van der Waals surface area contributed by atoms with Gasteiger partial charge in [-0.3, -0.25) is 0 Å². The quantitative estimate of drug-likeness (QED) is 0.287. The van der Waals surface area contributed by atoms with Gasteiger partial charge in [0.2, 0.25) is 0 Å². The summed E-state index contributed by atoms with van der Waals surface area (Å²) in [5.41, 5.74) is 0.756. The van der Waals surface area contributed by atoms with Gasteiger partial charge in [0.1, 0.15) is 17.8 Å². The smallest absolute Gasteiger partial charge is 0.342 e. The molecule has 1 aromatic heterocycles. The van der Waals surface area contributed by atoms with E-state index < -0.39 is 11.6 Å². The molecule has 6 nitrogen and oxygen atoms in total. The number of carbonyl (C=O) groups excluding carboxylic acids is 1. The molecule has 0 saturated carbocycles. The zero-order chi connectivity index (χ0) is 20.4. The maximum absolute atomic E-state index is 12.7. The van der Waals surface area contributed by atoms with Crippen LogP contribution in [-0.4, -0.2) is 20.2 Å². The molecule has 1 heterocycles. The average molecular weight is 390 g/mol. The zero-order valence-corrected chi connectivity index (χ0v) is 15.9. The maximum atomic E-state index is 12.7. The summed E-state index contributed by atoms with van der Waals surface area (Å²) < 4.78 is 21.4. The zero-order valence-electron chi connectivity index (χ0n) is 15.9. The van der Waals surface area contributed by atoms with Crippen molar-refractivity contribution in [2.24, 2.45) is 0 Å². The number of hydrogen-bond acceptors (Lipinski definition) is 6. The first-order chi connectivity index (χ1) is 14.1. The Labute approximate surface area is 166 Å². The van der Waals surface area contributed by atoms with Crippen LogP contribution in [0.3, 0.4) is 0 Å². The van der Waals surface area contributed by atoms with Crippen LogP contribution >= 0.6 is 0 Å². The fourth-order valence-corrected chi connectivity index (χ4v) is 3.40. The SMILES string of the molecule is COc1cccc(C(=O)OCc2cc(=O)oc3ccc4ccccc4c23)c1OC. The van der Waals surface area contributed by atoms with E-state index in [1.807, 2.05) is 30.3 Å². The average Bonchev–Trinajstić information content (AvgIpc) is 2.76. The molecular formula is C23H18O6. The van der Waals surface area contributed by atoms with Crippen molar-refractivity contribution in [3.8, 4) is 11.5 Å². The fraction of sp³-hybridized carbons (Fsp3) is 0.130. The lowest BCUT2D eigenvalue weighted by Gasteiger charge is -2.13. The van der Waals surface area contributed by atoms with Crippen molar-refractivity contribution in [1.29, 1.82) is 0 Å². The van der Waals surface area contributed by atoms with E-state index in [9.17, 15) is 9.59 Å². The minimum absolute atomic E-state index is 0.0880. The third-order valence-corrected chi connectivity index (χ3v) is 4.70. The number of benzene rings is 3. The van der Waals surface area contributed by atoms with E-state index in [1.165, 1.54) is 20.3 Å². The highest BCUT2D eigenvalue weighted by Gasteiger charge is 2.19. The first-order valence-corrected chi connectivity index (χ1v) is 8.95. The second-order valence-electron chi connectivity index (χ2n) is 6.37. The standard InChI is InChI=1S/C23H18O6/c1-26-19-9-5-8-17(22(19)27-2)23(25)28-13-15-12-20(24)29-18-11-10-14-6-3-4-7-16(14)21(15)18/h3-12H,13H2,1-2H3. The van der Waals surface area contributed by atoms with Crippen molar-refractivity contribution in [3.63, 3.8) is 0 Å². The van der Waals surface area contributed by atoms with Crippen LogP contribution in [0.4, 0.5) is 0 Å². The molecule has 6 heteroatoms. The Hall–Kier alpha value is -3.80. The molecular weight excluding hydrogens is 372 g/mol. The van der Waals surface area contributed by atoms with Crippen LogP contribution in [0.25, 0.3) is 21.7 Å². The second-order valence-corrected chi connectivity index (χ2v) is 6.37. The van der Waals surface area contributed by atoms with Gasteiger partial charge in [-0.15, -0.1) is 0 Å². The summed E-state index contributed by atoms with van der Waals surface area (Å²) in [6, 6.07) is 17.7. The largest absolute Gasteiger partial charge is 0.493 e. The number of ether oxygens (including phenoxy) is 3. The summed E-state index contributed by atoms with van der Waals surface area (Å²) in [6.45, 7) is -0.0880. The number of carbonyl (C=O) groups is 1. The minimum Gasteiger partial charge on any atom is -0.493 e. The Balaban J connectivity index is 1.73. The Morgan fingerprint density at radius 3 is 2.59 bits per heavy atom. The molecule has 146 valence electrons. The van der Waals surface area contributed by atoms with Crippen LogP contribution in [-0.2, 0) is 11.3 Å². The topological polar surface area (TPSA) is 75.0 Å². The Kier molecular flexibility index (Phi) is 4.91. The summed E-state index contributed by atoms with van der Waals surface area (Å²) in [6.07, 6.45) is 0. The highest BCUT2D eigenvalue weighted by atomic mass is 16.5. The van der Waals surface area contributed by atoms with E-state index in [0.717, 1.165) is 16.2 Å². The highest BCUT2D eigenvalue weighted by molar-refractivity contribution is 6.07. The van der Waals surface area contributed by atoms with Crippen LogP contribution < -0.4 is 15.1 Å². The van der Waals surface area contributed by atoms with E-state index in [4.69, 9.17) is 18.6 Å². The number of methoxy groups -OCH3 is 2. The molecule has 4 rings (SSSR count). The monoisotopic (exact) mass is 390 g/mol. The molecule has 0 amide bonds. The van der Waals surface area contributed by atoms with E-state index in [-0.39, 0.29) is 12.2 Å². The van der Waals surface area contributed by atoms with Crippen LogP contribution in [0, 0.1) is 0 Å². The Bertz CT molecular complexity index is 1270. The molecule has 0 aliphatic rings. The van der Waals surface area contributed by atoms with Gasteiger partial charge in [-0.05, 0) is 29.0 Å². The van der Waals surface area contributed by atoms with E-state index in [0.29, 0.717) is 22.6 Å². The van der Waals surface area contributed by atoms with Gasteiger partial charge in [-0.2, -0.15) is 0 Å². The molecule has 29 heavy (non-hydrogen) atoms. The van der Waals surface area contributed by atoms with E-state index >= 15 is 0 Å². The molecule has 0 saturated heterocycles. The third-order valence-electron chi connectivity index (χ3n) is 4.70. The molecule has 4 aromatic rings. The van der Waals surface area contributed by atoms with Gasteiger partial charge in [0.25, 0.3) is 0 Å². The summed E-state index contributed by atoms with van der Waals surface area (Å²) in [4.78, 5) is 24.7. The van der Waals surface area contributed by atoms with Crippen molar-refractivity contribution in [2.45, 2.75) is 6.61 Å². The lowest BCUT2D eigenvalue weighted by Crippen LogP contribution is -2.10. The number of para-hydroxylation sites is 1. The van der Waals surface area contributed by atoms with Gasteiger partial charge < -0.3 is 18.6 Å². The summed E-state index contributed by atoms with van der Waals surface area (Å²) >= 11 is 0. The van der Waals surface area contributed by atoms with E-state index in [2.05, 4.69) is 0 Å². The van der Waals surface area contributed by atoms with E-state index in [1.54, 1.807) is 24.3 Å². The molecule has 0 radical (unpaired) electrons. The molecule has 0 aliphatic heterocycles. The van der Waals surface area contributed by atoms with Gasteiger partial charge in [0.05, 0.1) is 14.2 Å². The molecule has 0 aliphatic carbocycles. The van der Waals surface area contributed by atoms with Crippen molar-refractivity contribution < 1.29 is 23.4 Å². The van der Waals surface area contributed by atoms with Gasteiger partial charge in [0, 0.05) is 17.0 Å². The molecule has 0 N–H and O–H groups in total. The number of fused-ring (bicyclic) bond motifs is 3. The van der Waals surface area contributed by atoms with Gasteiger partial charge in [-0.1, -0.05) is 36.4 Å². The summed E-state index contributed by atoms with van der Waals surface area (Å²) in [7, 11) is 2.95. The second kappa shape index (κ2) is 7.67. The first-order valence-electron chi connectivity index (χ1n) is 8.95. The highest BCUT2D eigenvalue weighted by Crippen LogP contribution is 2.32. The normalized spacial score (nSPS) is 10.8. The Morgan fingerprint density at radius 2 is 1.79 bits per heavy atom. The maximum Gasteiger partial charge on any atom is 0.342 e. The van der Waals surface area contributed by atoms with Crippen LogP contribution in [0.2, 0.25) is 0 Å². The first kappa shape index (κ1) is 18.6. The van der Waals surface area contributed by atoms with Crippen LogP contribution in [0.1, 0.15) is 15.9 Å². The summed E-state index contributed by atoms with van der Waals surface area (Å²) in [5, 5.41) is 2.66. The minimum atomic E-state index is -0.581. The number of hydrogen-bond donors (Lipinski definition) is 0.